The van der Waals surface area contributed by atoms with Crippen molar-refractivity contribution in [2.75, 3.05) is 5.75 Å². The number of thioether (sulfide) groups is 1. The largest absolute Gasteiger partial charge is 0.326 e. The summed E-state index contributed by atoms with van der Waals surface area (Å²) in [6.45, 7) is 7.69. The Balaban J connectivity index is 1.69. The Hall–Kier alpha value is -1.22. The lowest BCUT2D eigenvalue weighted by Crippen LogP contribution is -2.35. The van der Waals surface area contributed by atoms with Gasteiger partial charge in [0.15, 0.2) is 0 Å². The van der Waals surface area contributed by atoms with Gasteiger partial charge in [-0.2, -0.15) is 0 Å². The predicted octanol–water partition coefficient (Wildman–Crippen LogP) is 4.47. The zero-order valence-corrected chi connectivity index (χ0v) is 14.5. The molecule has 1 fully saturated rings. The molecule has 0 N–H and O–H groups in total. The number of benzene rings is 1. The summed E-state index contributed by atoms with van der Waals surface area (Å²) in [6.07, 6.45) is 4.64. The molecule has 1 aliphatic carbocycles. The number of rotatable bonds is 4. The number of nitrogens with zero attached hydrogens (tertiary/aromatic N) is 1. The summed E-state index contributed by atoms with van der Waals surface area (Å²) in [6, 6.07) is 10.3. The highest BCUT2D eigenvalue weighted by atomic mass is 32.2. The minimum Gasteiger partial charge on any atom is -0.326 e. The molecule has 0 saturated carbocycles. The second-order valence-corrected chi connectivity index (χ2v) is 8.22. The first-order valence-electron chi connectivity index (χ1n) is 8.10. The summed E-state index contributed by atoms with van der Waals surface area (Å²) >= 11 is 1.82. The first-order valence-corrected chi connectivity index (χ1v) is 9.15. The Morgan fingerprint density at radius 2 is 2.00 bits per heavy atom. The third-order valence-corrected chi connectivity index (χ3v) is 6.74. The van der Waals surface area contributed by atoms with Gasteiger partial charge in [-0.3, -0.25) is 4.79 Å². The Labute approximate surface area is 138 Å². The van der Waals surface area contributed by atoms with Gasteiger partial charge in [-0.15, -0.1) is 11.8 Å². The summed E-state index contributed by atoms with van der Waals surface area (Å²) < 4.78 is 0. The summed E-state index contributed by atoms with van der Waals surface area (Å²) in [5.41, 5.74) is 3.00. The van der Waals surface area contributed by atoms with E-state index >= 15 is 0 Å². The topological polar surface area (TPSA) is 20.3 Å². The maximum Gasteiger partial charge on any atom is 0.233 e. The summed E-state index contributed by atoms with van der Waals surface area (Å²) in [5.74, 6) is 1.57. The van der Waals surface area contributed by atoms with E-state index < -0.39 is 0 Å². The molecule has 0 radical (unpaired) electrons. The van der Waals surface area contributed by atoms with Gasteiger partial charge in [-0.25, -0.2) is 0 Å². The number of carbonyl (C=O) groups is 1. The molecular formula is C19H25NOS. The molecule has 2 atom stereocenters. The quantitative estimate of drug-likeness (QED) is 0.764. The SMILES string of the molecule is CC1=CC[C@@H](CC2SCC(=O)N2Cc2ccccc2)C1(C)C. The van der Waals surface area contributed by atoms with Gasteiger partial charge in [0.2, 0.25) is 5.91 Å². The van der Waals surface area contributed by atoms with Gasteiger partial charge in [0, 0.05) is 6.54 Å². The van der Waals surface area contributed by atoms with Crippen molar-refractivity contribution in [3.05, 3.63) is 47.5 Å². The van der Waals surface area contributed by atoms with Crippen molar-refractivity contribution < 1.29 is 4.79 Å². The first kappa shape index (κ1) is 15.7. The van der Waals surface area contributed by atoms with E-state index in [1.807, 2.05) is 30.0 Å². The lowest BCUT2D eigenvalue weighted by molar-refractivity contribution is -0.128. The van der Waals surface area contributed by atoms with Gasteiger partial charge < -0.3 is 4.90 Å². The van der Waals surface area contributed by atoms with Gasteiger partial charge >= 0.3 is 0 Å². The van der Waals surface area contributed by atoms with Gasteiger partial charge in [0.1, 0.15) is 0 Å². The van der Waals surface area contributed by atoms with Crippen LogP contribution in [-0.4, -0.2) is 21.9 Å². The number of hydrogen-bond donors (Lipinski definition) is 0. The molecule has 1 heterocycles. The first-order chi connectivity index (χ1) is 10.5. The third-order valence-electron chi connectivity index (χ3n) is 5.49. The van der Waals surface area contributed by atoms with E-state index in [2.05, 4.69) is 43.9 Å². The molecular weight excluding hydrogens is 290 g/mol. The molecule has 3 rings (SSSR count). The molecule has 2 nitrogen and oxygen atoms in total. The lowest BCUT2D eigenvalue weighted by atomic mass is 9.76. The van der Waals surface area contributed by atoms with Crippen LogP contribution in [0.2, 0.25) is 0 Å². The number of amides is 1. The van der Waals surface area contributed by atoms with Crippen LogP contribution in [-0.2, 0) is 11.3 Å². The van der Waals surface area contributed by atoms with Crippen molar-refractivity contribution in [3.8, 4) is 0 Å². The summed E-state index contributed by atoms with van der Waals surface area (Å²) in [7, 11) is 0. The van der Waals surface area contributed by atoms with Gasteiger partial charge in [0.25, 0.3) is 0 Å². The van der Waals surface area contributed by atoms with Crippen LogP contribution >= 0.6 is 11.8 Å². The van der Waals surface area contributed by atoms with Crippen LogP contribution in [0.4, 0.5) is 0 Å². The van der Waals surface area contributed by atoms with E-state index in [1.54, 1.807) is 0 Å². The zero-order valence-electron chi connectivity index (χ0n) is 13.7. The van der Waals surface area contributed by atoms with E-state index in [0.717, 1.165) is 19.4 Å². The molecule has 1 saturated heterocycles. The summed E-state index contributed by atoms with van der Waals surface area (Å²) in [5, 5.41) is 0.330. The monoisotopic (exact) mass is 315 g/mol. The Morgan fingerprint density at radius 1 is 1.27 bits per heavy atom. The van der Waals surface area contributed by atoms with Crippen LogP contribution in [0, 0.1) is 11.3 Å². The fraction of sp³-hybridized carbons (Fsp3) is 0.526. The second kappa shape index (κ2) is 6.11. The maximum absolute atomic E-state index is 12.3. The van der Waals surface area contributed by atoms with Crippen molar-refractivity contribution in [2.45, 2.75) is 45.5 Å². The van der Waals surface area contributed by atoms with E-state index in [4.69, 9.17) is 0 Å². The molecule has 3 heteroatoms. The minimum absolute atomic E-state index is 0.268. The molecule has 0 bridgehead atoms. The van der Waals surface area contributed by atoms with Crippen molar-refractivity contribution in [3.63, 3.8) is 0 Å². The van der Waals surface area contributed by atoms with E-state index in [0.29, 0.717) is 23.0 Å². The molecule has 22 heavy (non-hydrogen) atoms. The Morgan fingerprint density at radius 3 is 2.64 bits per heavy atom. The average Bonchev–Trinajstić information content (AvgIpc) is 2.96. The fourth-order valence-corrected chi connectivity index (χ4v) is 4.74. The van der Waals surface area contributed by atoms with Crippen LogP contribution in [0.5, 0.6) is 0 Å². The van der Waals surface area contributed by atoms with Gasteiger partial charge in [-0.05, 0) is 36.7 Å². The van der Waals surface area contributed by atoms with Crippen LogP contribution in [0.3, 0.4) is 0 Å². The van der Waals surface area contributed by atoms with E-state index in [1.165, 1.54) is 11.1 Å². The number of hydrogen-bond acceptors (Lipinski definition) is 2. The predicted molar refractivity (Wildman–Crippen MR) is 93.5 cm³/mol. The Kier molecular flexibility index (Phi) is 4.35. The van der Waals surface area contributed by atoms with Crippen LogP contribution in [0.25, 0.3) is 0 Å². The number of carbonyl (C=O) groups excluding carboxylic acids is 1. The molecule has 1 aromatic rings. The zero-order chi connectivity index (χ0) is 15.7. The maximum atomic E-state index is 12.3. The minimum atomic E-state index is 0.268. The van der Waals surface area contributed by atoms with Crippen molar-refractivity contribution in [2.24, 2.45) is 11.3 Å². The standard InChI is InChI=1S/C19H25NOS/c1-14-9-10-16(19(14,2)3)11-18-20(17(21)13-22-18)12-15-7-5-4-6-8-15/h4-9,16,18H,10-13H2,1-3H3/t16-,18?/m0/s1. The smallest absolute Gasteiger partial charge is 0.233 e. The van der Waals surface area contributed by atoms with Gasteiger partial charge in [-0.1, -0.05) is 55.8 Å². The van der Waals surface area contributed by atoms with Gasteiger partial charge in [0.05, 0.1) is 11.1 Å². The lowest BCUT2D eigenvalue weighted by Gasteiger charge is -2.34. The molecule has 1 unspecified atom stereocenters. The van der Waals surface area contributed by atoms with Crippen molar-refractivity contribution >= 4 is 17.7 Å². The molecule has 1 aliphatic heterocycles. The third kappa shape index (κ3) is 2.96. The molecule has 0 spiro atoms. The molecule has 118 valence electrons. The second-order valence-electron chi connectivity index (χ2n) is 7.05. The highest BCUT2D eigenvalue weighted by molar-refractivity contribution is 8.00. The summed E-state index contributed by atoms with van der Waals surface area (Å²) in [4.78, 5) is 14.4. The number of allylic oxidation sites excluding steroid dienone is 2. The van der Waals surface area contributed by atoms with Crippen LogP contribution in [0.15, 0.2) is 42.0 Å². The molecule has 1 aromatic carbocycles. The van der Waals surface area contributed by atoms with Crippen LogP contribution < -0.4 is 0 Å². The van der Waals surface area contributed by atoms with E-state index in [9.17, 15) is 4.79 Å². The molecule has 2 aliphatic rings. The van der Waals surface area contributed by atoms with Crippen molar-refractivity contribution in [1.82, 2.24) is 4.90 Å². The molecule has 1 amide bonds. The highest BCUT2D eigenvalue weighted by Gasteiger charge is 2.40. The van der Waals surface area contributed by atoms with E-state index in [-0.39, 0.29) is 5.41 Å². The van der Waals surface area contributed by atoms with Crippen LogP contribution in [0.1, 0.15) is 39.2 Å². The van der Waals surface area contributed by atoms with Crippen molar-refractivity contribution in [1.29, 1.82) is 0 Å². The Bertz CT molecular complexity index is 578. The molecule has 0 aromatic heterocycles. The average molecular weight is 315 g/mol. The normalized spacial score (nSPS) is 27.3. The fourth-order valence-electron chi connectivity index (χ4n) is 3.50. The highest BCUT2D eigenvalue weighted by Crippen LogP contribution is 2.47.